The molecule has 0 aliphatic carbocycles. The number of amides is 1. The molecule has 114 valence electrons. The lowest BCUT2D eigenvalue weighted by Gasteiger charge is -2.28. The van der Waals surface area contributed by atoms with Crippen molar-refractivity contribution in [1.29, 1.82) is 0 Å². The molecule has 4 nitrogen and oxygen atoms in total. The van der Waals surface area contributed by atoms with E-state index in [0.717, 1.165) is 17.7 Å². The molecule has 22 heavy (non-hydrogen) atoms. The van der Waals surface area contributed by atoms with E-state index in [1.807, 2.05) is 0 Å². The third-order valence-electron chi connectivity index (χ3n) is 3.86. The molecule has 1 aromatic heterocycles. The van der Waals surface area contributed by atoms with Crippen LogP contribution in [0, 0.1) is 5.82 Å². The molecule has 1 aromatic carbocycles. The van der Waals surface area contributed by atoms with Crippen molar-refractivity contribution >= 4 is 17.5 Å². The highest BCUT2D eigenvalue weighted by Gasteiger charge is 2.21. The summed E-state index contributed by atoms with van der Waals surface area (Å²) >= 11 is 5.98. The lowest BCUT2D eigenvalue weighted by molar-refractivity contribution is -0.132. The van der Waals surface area contributed by atoms with Crippen molar-refractivity contribution in [3.8, 4) is 0 Å². The molecular weight excluding hydrogens is 305 g/mol. The van der Waals surface area contributed by atoms with Crippen LogP contribution in [-0.4, -0.2) is 27.3 Å². The van der Waals surface area contributed by atoms with Gasteiger partial charge in [0, 0.05) is 48.3 Å². The second-order valence-electron chi connectivity index (χ2n) is 5.26. The Hall–Kier alpha value is -2.01. The fourth-order valence-electron chi connectivity index (χ4n) is 2.64. The van der Waals surface area contributed by atoms with Gasteiger partial charge in [-0.2, -0.15) is 0 Å². The molecule has 1 amide bonds. The smallest absolute Gasteiger partial charge is 0.223 e. The Kier molecular flexibility index (Phi) is 4.34. The summed E-state index contributed by atoms with van der Waals surface area (Å²) in [6, 6.07) is 4.56. The summed E-state index contributed by atoms with van der Waals surface area (Å²) in [6.07, 6.45) is 4.54. The van der Waals surface area contributed by atoms with E-state index in [4.69, 9.17) is 11.6 Å². The minimum Gasteiger partial charge on any atom is -0.338 e. The molecule has 6 heteroatoms. The van der Waals surface area contributed by atoms with Gasteiger partial charge in [0.25, 0.3) is 0 Å². The van der Waals surface area contributed by atoms with Crippen molar-refractivity contribution in [2.75, 3.05) is 6.54 Å². The van der Waals surface area contributed by atoms with E-state index in [1.165, 1.54) is 12.4 Å². The van der Waals surface area contributed by atoms with E-state index >= 15 is 0 Å². The first-order valence-corrected chi connectivity index (χ1v) is 7.51. The van der Waals surface area contributed by atoms with Crippen LogP contribution in [0.3, 0.4) is 0 Å². The molecule has 2 heterocycles. The summed E-state index contributed by atoms with van der Waals surface area (Å²) in [5.74, 6) is -0.369. The normalized spacial score (nSPS) is 13.8. The molecule has 0 bridgehead atoms. The van der Waals surface area contributed by atoms with Gasteiger partial charge in [-0.1, -0.05) is 17.7 Å². The van der Waals surface area contributed by atoms with Crippen LogP contribution in [-0.2, 0) is 24.2 Å². The molecule has 3 rings (SSSR count). The molecular formula is C16H15ClFN3O. The van der Waals surface area contributed by atoms with Crippen molar-refractivity contribution in [2.24, 2.45) is 0 Å². The van der Waals surface area contributed by atoms with Crippen LogP contribution in [0.2, 0.25) is 5.02 Å². The Morgan fingerprint density at radius 1 is 1.41 bits per heavy atom. The van der Waals surface area contributed by atoms with Crippen LogP contribution in [0.4, 0.5) is 4.39 Å². The molecule has 0 N–H and O–H groups in total. The topological polar surface area (TPSA) is 46.1 Å². The Morgan fingerprint density at radius 2 is 2.27 bits per heavy atom. The number of carbonyl (C=O) groups excluding carboxylic acids is 1. The number of nitrogens with zero attached hydrogens (tertiary/aromatic N) is 3. The van der Waals surface area contributed by atoms with Gasteiger partial charge in [0.15, 0.2) is 0 Å². The van der Waals surface area contributed by atoms with E-state index in [2.05, 4.69) is 9.97 Å². The van der Waals surface area contributed by atoms with Gasteiger partial charge in [0.05, 0.1) is 5.69 Å². The van der Waals surface area contributed by atoms with E-state index in [-0.39, 0.29) is 18.1 Å². The molecule has 0 spiro atoms. The van der Waals surface area contributed by atoms with Crippen molar-refractivity contribution in [3.63, 3.8) is 0 Å². The number of hydrogen-bond acceptors (Lipinski definition) is 3. The predicted molar refractivity (Wildman–Crippen MR) is 80.9 cm³/mol. The average molecular weight is 320 g/mol. The minimum absolute atomic E-state index is 0.00572. The van der Waals surface area contributed by atoms with Gasteiger partial charge in [-0.05, 0) is 18.6 Å². The number of fused-ring (bicyclic) bond motifs is 1. The summed E-state index contributed by atoms with van der Waals surface area (Å²) in [4.78, 5) is 22.3. The number of hydrogen-bond donors (Lipinski definition) is 0. The lowest BCUT2D eigenvalue weighted by Crippen LogP contribution is -2.36. The number of carbonyl (C=O) groups is 1. The van der Waals surface area contributed by atoms with E-state index in [0.29, 0.717) is 30.1 Å². The van der Waals surface area contributed by atoms with Gasteiger partial charge in [-0.25, -0.2) is 14.4 Å². The summed E-state index contributed by atoms with van der Waals surface area (Å²) in [5.41, 5.74) is 2.38. The molecule has 1 aliphatic heterocycles. The second kappa shape index (κ2) is 6.40. The van der Waals surface area contributed by atoms with Gasteiger partial charge >= 0.3 is 0 Å². The third kappa shape index (κ3) is 3.09. The van der Waals surface area contributed by atoms with Gasteiger partial charge in [0.1, 0.15) is 12.1 Å². The number of halogens is 2. The Labute approximate surface area is 133 Å². The highest BCUT2D eigenvalue weighted by molar-refractivity contribution is 6.31. The van der Waals surface area contributed by atoms with Gasteiger partial charge < -0.3 is 4.90 Å². The van der Waals surface area contributed by atoms with E-state index in [1.54, 1.807) is 23.2 Å². The summed E-state index contributed by atoms with van der Waals surface area (Å²) in [7, 11) is 0. The van der Waals surface area contributed by atoms with Crippen molar-refractivity contribution in [3.05, 3.63) is 58.4 Å². The quantitative estimate of drug-likeness (QED) is 0.874. The molecule has 0 saturated heterocycles. The SMILES string of the molecule is O=C(CCc1c(F)cccc1Cl)N1CCc2ncncc2C1. The molecule has 0 radical (unpaired) electrons. The number of aromatic nitrogens is 2. The lowest BCUT2D eigenvalue weighted by atomic mass is 10.1. The zero-order valence-corrected chi connectivity index (χ0v) is 12.7. The maximum Gasteiger partial charge on any atom is 0.223 e. The van der Waals surface area contributed by atoms with Crippen LogP contribution >= 0.6 is 11.6 Å². The molecule has 2 aromatic rings. The largest absolute Gasteiger partial charge is 0.338 e. The van der Waals surface area contributed by atoms with Gasteiger partial charge in [-0.15, -0.1) is 0 Å². The van der Waals surface area contributed by atoms with E-state index < -0.39 is 0 Å². The fraction of sp³-hybridized carbons (Fsp3) is 0.312. The van der Waals surface area contributed by atoms with Crippen LogP contribution in [0.15, 0.2) is 30.7 Å². The maximum atomic E-state index is 13.7. The Balaban J connectivity index is 1.64. The third-order valence-corrected chi connectivity index (χ3v) is 4.22. The Bertz CT molecular complexity index is 687. The highest BCUT2D eigenvalue weighted by Crippen LogP contribution is 2.22. The molecule has 0 atom stereocenters. The zero-order chi connectivity index (χ0) is 15.5. The van der Waals surface area contributed by atoms with Crippen molar-refractivity contribution in [1.82, 2.24) is 14.9 Å². The number of benzene rings is 1. The highest BCUT2D eigenvalue weighted by atomic mass is 35.5. The maximum absolute atomic E-state index is 13.7. The first-order chi connectivity index (χ1) is 10.6. The average Bonchev–Trinajstić information content (AvgIpc) is 2.53. The van der Waals surface area contributed by atoms with Gasteiger partial charge in [-0.3, -0.25) is 4.79 Å². The van der Waals surface area contributed by atoms with E-state index in [9.17, 15) is 9.18 Å². The first-order valence-electron chi connectivity index (χ1n) is 7.13. The summed E-state index contributed by atoms with van der Waals surface area (Å²) in [6.45, 7) is 1.15. The summed E-state index contributed by atoms with van der Waals surface area (Å²) < 4.78 is 13.7. The monoisotopic (exact) mass is 319 g/mol. The summed E-state index contributed by atoms with van der Waals surface area (Å²) in [5, 5.41) is 0.366. The van der Waals surface area contributed by atoms with Crippen molar-refractivity contribution in [2.45, 2.75) is 25.8 Å². The standard InChI is InChI=1S/C16H15ClFN3O/c17-13-2-1-3-14(18)12(13)4-5-16(22)21-7-6-15-11(9-21)8-19-10-20-15/h1-3,8,10H,4-7,9H2. The minimum atomic E-state index is -0.363. The molecule has 0 saturated carbocycles. The van der Waals surface area contributed by atoms with Crippen LogP contribution in [0.5, 0.6) is 0 Å². The Morgan fingerprint density at radius 3 is 3.09 bits per heavy atom. The molecule has 0 unspecified atom stereocenters. The van der Waals surface area contributed by atoms with Crippen molar-refractivity contribution < 1.29 is 9.18 Å². The molecule has 1 aliphatic rings. The second-order valence-corrected chi connectivity index (χ2v) is 5.67. The zero-order valence-electron chi connectivity index (χ0n) is 11.9. The molecule has 0 fully saturated rings. The van der Waals surface area contributed by atoms with Gasteiger partial charge in [0.2, 0.25) is 5.91 Å². The first kappa shape index (κ1) is 14.9. The number of rotatable bonds is 3. The van der Waals surface area contributed by atoms with Crippen LogP contribution in [0.25, 0.3) is 0 Å². The predicted octanol–water partition coefficient (Wildman–Crippen LogP) is 2.79. The fourth-order valence-corrected chi connectivity index (χ4v) is 2.90. The van der Waals surface area contributed by atoms with Crippen LogP contribution < -0.4 is 0 Å². The van der Waals surface area contributed by atoms with Crippen LogP contribution in [0.1, 0.15) is 23.2 Å².